The fourth-order valence-electron chi connectivity index (χ4n) is 1.26. The van der Waals surface area contributed by atoms with Gasteiger partial charge in [-0.1, -0.05) is 6.92 Å². The highest BCUT2D eigenvalue weighted by molar-refractivity contribution is 7.90. The third-order valence-corrected chi connectivity index (χ3v) is 4.24. The van der Waals surface area contributed by atoms with Gasteiger partial charge in [0.1, 0.15) is 9.84 Å². The molecule has 0 aliphatic rings. The molecule has 4 nitrogen and oxygen atoms in total. The van der Waals surface area contributed by atoms with E-state index in [4.69, 9.17) is 0 Å². The Morgan fingerprint density at radius 3 is 2.81 bits per heavy atom. The summed E-state index contributed by atoms with van der Waals surface area (Å²) in [6.45, 7) is 3.59. The minimum absolute atomic E-state index is 0.253. The lowest BCUT2D eigenvalue weighted by molar-refractivity contribution is 0.594. The molecule has 0 atom stereocenters. The molecule has 0 spiro atoms. The minimum atomic E-state index is -2.82. The lowest BCUT2D eigenvalue weighted by atomic mass is 10.4. The van der Waals surface area contributed by atoms with Gasteiger partial charge in [0.05, 0.1) is 10.8 Å². The van der Waals surface area contributed by atoms with Crippen LogP contribution >= 0.6 is 11.3 Å². The zero-order valence-corrected chi connectivity index (χ0v) is 11.3. The van der Waals surface area contributed by atoms with Crippen molar-refractivity contribution in [2.75, 3.05) is 18.6 Å². The number of sulfone groups is 1. The van der Waals surface area contributed by atoms with Crippen molar-refractivity contribution >= 4 is 21.2 Å². The van der Waals surface area contributed by atoms with Crippen LogP contribution in [0.15, 0.2) is 6.20 Å². The molecule has 0 radical (unpaired) electrons. The first-order valence-corrected chi connectivity index (χ1v) is 8.21. The van der Waals surface area contributed by atoms with Crippen molar-refractivity contribution in [1.29, 1.82) is 0 Å². The Morgan fingerprint density at radius 1 is 1.50 bits per heavy atom. The van der Waals surface area contributed by atoms with Crippen LogP contribution in [0.25, 0.3) is 0 Å². The highest BCUT2D eigenvalue weighted by Crippen LogP contribution is 2.12. The smallest absolute Gasteiger partial charge is 0.147 e. The third kappa shape index (κ3) is 5.58. The van der Waals surface area contributed by atoms with Gasteiger partial charge in [-0.2, -0.15) is 0 Å². The quantitative estimate of drug-likeness (QED) is 0.751. The van der Waals surface area contributed by atoms with Crippen LogP contribution in [0.1, 0.15) is 23.2 Å². The van der Waals surface area contributed by atoms with E-state index in [1.807, 2.05) is 6.20 Å². The van der Waals surface area contributed by atoms with Gasteiger partial charge < -0.3 is 5.32 Å². The average Bonchev–Trinajstić information content (AvgIpc) is 2.63. The van der Waals surface area contributed by atoms with Crippen LogP contribution < -0.4 is 5.32 Å². The van der Waals surface area contributed by atoms with Gasteiger partial charge in [0, 0.05) is 23.9 Å². The SMILES string of the molecule is CCc1ncc(CNCCCS(C)(=O)=O)s1. The zero-order chi connectivity index (χ0) is 12.0. The normalized spacial score (nSPS) is 11.9. The monoisotopic (exact) mass is 262 g/mol. The molecule has 0 aliphatic heterocycles. The highest BCUT2D eigenvalue weighted by atomic mass is 32.2. The van der Waals surface area contributed by atoms with Crippen molar-refractivity contribution in [3.05, 3.63) is 16.1 Å². The summed E-state index contributed by atoms with van der Waals surface area (Å²) in [7, 11) is -2.82. The largest absolute Gasteiger partial charge is 0.312 e. The molecule has 0 saturated heterocycles. The van der Waals surface area contributed by atoms with Gasteiger partial charge in [-0.3, -0.25) is 0 Å². The summed E-state index contributed by atoms with van der Waals surface area (Å²) >= 11 is 1.70. The van der Waals surface area contributed by atoms with E-state index in [9.17, 15) is 8.42 Å². The second kappa shape index (κ2) is 6.32. The van der Waals surface area contributed by atoms with Crippen LogP contribution in [0.2, 0.25) is 0 Å². The van der Waals surface area contributed by atoms with Crippen molar-refractivity contribution in [3.63, 3.8) is 0 Å². The van der Waals surface area contributed by atoms with E-state index in [1.165, 1.54) is 11.1 Å². The number of aryl methyl sites for hydroxylation is 1. The maximum atomic E-state index is 10.9. The molecular formula is C10H18N2O2S2. The summed E-state index contributed by atoms with van der Waals surface area (Å²) in [6.07, 6.45) is 4.79. The fraction of sp³-hybridized carbons (Fsp3) is 0.700. The Labute approximate surface area is 101 Å². The van der Waals surface area contributed by atoms with Crippen LogP contribution in [0.3, 0.4) is 0 Å². The predicted octanol–water partition coefficient (Wildman–Crippen LogP) is 1.23. The first kappa shape index (κ1) is 13.6. The van der Waals surface area contributed by atoms with Gasteiger partial charge in [-0.15, -0.1) is 11.3 Å². The molecule has 0 unspecified atom stereocenters. The molecule has 0 aromatic carbocycles. The first-order chi connectivity index (χ1) is 7.51. The second-order valence-electron chi connectivity index (χ2n) is 3.73. The summed E-state index contributed by atoms with van der Waals surface area (Å²) < 4.78 is 21.7. The maximum absolute atomic E-state index is 10.9. The Kier molecular flexibility index (Phi) is 5.37. The number of aromatic nitrogens is 1. The van der Waals surface area contributed by atoms with Crippen LogP contribution in [0.4, 0.5) is 0 Å². The predicted molar refractivity (Wildman–Crippen MR) is 67.5 cm³/mol. The van der Waals surface area contributed by atoms with E-state index in [1.54, 1.807) is 11.3 Å². The summed E-state index contributed by atoms with van der Waals surface area (Å²) in [5.74, 6) is 0.253. The Morgan fingerprint density at radius 2 is 2.25 bits per heavy atom. The molecular weight excluding hydrogens is 244 g/mol. The Balaban J connectivity index is 2.16. The van der Waals surface area contributed by atoms with E-state index >= 15 is 0 Å². The number of nitrogens with zero attached hydrogens (tertiary/aromatic N) is 1. The van der Waals surface area contributed by atoms with Crippen molar-refractivity contribution in [2.45, 2.75) is 26.3 Å². The number of nitrogens with one attached hydrogen (secondary N) is 1. The second-order valence-corrected chi connectivity index (χ2v) is 7.19. The molecule has 1 rings (SSSR count). The molecule has 0 fully saturated rings. The van der Waals surface area contributed by atoms with Gasteiger partial charge in [0.25, 0.3) is 0 Å². The standard InChI is InChI=1S/C10H18N2O2S2/c1-3-10-12-8-9(15-10)7-11-5-4-6-16(2,13)14/h8,11H,3-7H2,1-2H3. The number of thiazole rings is 1. The summed E-state index contributed by atoms with van der Waals surface area (Å²) in [4.78, 5) is 5.46. The lowest BCUT2D eigenvalue weighted by Gasteiger charge is -2.01. The molecule has 0 saturated carbocycles. The van der Waals surface area contributed by atoms with E-state index in [-0.39, 0.29) is 5.75 Å². The van der Waals surface area contributed by atoms with Crippen molar-refractivity contribution in [2.24, 2.45) is 0 Å². The molecule has 92 valence electrons. The van der Waals surface area contributed by atoms with E-state index in [0.29, 0.717) is 6.42 Å². The molecule has 1 heterocycles. The maximum Gasteiger partial charge on any atom is 0.147 e. The van der Waals surface area contributed by atoms with Crippen molar-refractivity contribution in [1.82, 2.24) is 10.3 Å². The minimum Gasteiger partial charge on any atom is -0.312 e. The van der Waals surface area contributed by atoms with E-state index < -0.39 is 9.84 Å². The molecule has 0 aliphatic carbocycles. The van der Waals surface area contributed by atoms with Gasteiger partial charge in [-0.05, 0) is 19.4 Å². The molecule has 6 heteroatoms. The van der Waals surface area contributed by atoms with E-state index in [2.05, 4.69) is 17.2 Å². The number of rotatable bonds is 7. The first-order valence-electron chi connectivity index (χ1n) is 5.33. The third-order valence-electron chi connectivity index (χ3n) is 2.07. The lowest BCUT2D eigenvalue weighted by Crippen LogP contribution is -2.17. The van der Waals surface area contributed by atoms with Gasteiger partial charge >= 0.3 is 0 Å². The number of hydrogen-bond acceptors (Lipinski definition) is 5. The fourth-order valence-corrected chi connectivity index (χ4v) is 2.76. The van der Waals surface area contributed by atoms with Crippen LogP contribution in [0.5, 0.6) is 0 Å². The van der Waals surface area contributed by atoms with Crippen LogP contribution in [0, 0.1) is 0 Å². The number of hydrogen-bond donors (Lipinski definition) is 1. The van der Waals surface area contributed by atoms with Crippen LogP contribution in [-0.2, 0) is 22.8 Å². The topological polar surface area (TPSA) is 59.1 Å². The molecule has 0 bridgehead atoms. The Bertz CT molecular complexity index is 412. The summed E-state index contributed by atoms with van der Waals surface area (Å²) in [6, 6.07) is 0. The molecule has 0 amide bonds. The van der Waals surface area contributed by atoms with Gasteiger partial charge in [0.15, 0.2) is 0 Å². The summed E-state index contributed by atoms with van der Waals surface area (Å²) in [5.41, 5.74) is 0. The average molecular weight is 262 g/mol. The van der Waals surface area contributed by atoms with Crippen molar-refractivity contribution < 1.29 is 8.42 Å². The highest BCUT2D eigenvalue weighted by Gasteiger charge is 2.02. The molecule has 1 N–H and O–H groups in total. The van der Waals surface area contributed by atoms with Crippen LogP contribution in [-0.4, -0.2) is 32.0 Å². The van der Waals surface area contributed by atoms with E-state index in [0.717, 1.165) is 24.5 Å². The molecule has 16 heavy (non-hydrogen) atoms. The van der Waals surface area contributed by atoms with Crippen molar-refractivity contribution in [3.8, 4) is 0 Å². The Hall–Kier alpha value is -0.460. The van der Waals surface area contributed by atoms with Gasteiger partial charge in [0.2, 0.25) is 0 Å². The van der Waals surface area contributed by atoms with Gasteiger partial charge in [-0.25, -0.2) is 13.4 Å². The molecule has 1 aromatic rings. The zero-order valence-electron chi connectivity index (χ0n) is 9.69. The molecule has 1 aromatic heterocycles. The summed E-state index contributed by atoms with van der Waals surface area (Å²) in [5, 5.41) is 4.36.